The second kappa shape index (κ2) is 9.89. The first kappa shape index (κ1) is 21.9. The molecule has 0 unspecified atom stereocenters. The largest absolute Gasteiger partial charge is 0.490 e. The van der Waals surface area contributed by atoms with E-state index < -0.39 is 11.7 Å². The number of hydrogen-bond donors (Lipinski definition) is 1. The molecule has 0 aliphatic heterocycles. The van der Waals surface area contributed by atoms with Crippen molar-refractivity contribution < 1.29 is 22.6 Å². The van der Waals surface area contributed by atoms with Crippen LogP contribution in [-0.4, -0.2) is 16.1 Å². The minimum absolute atomic E-state index is 0.137. The SMILES string of the molecule is FC(F)(F)c1cnc(OCc2ccccc2)nc1Nc1ccc(OC2CCCCC2)cc1. The van der Waals surface area contributed by atoms with E-state index in [1.807, 2.05) is 30.3 Å². The van der Waals surface area contributed by atoms with Gasteiger partial charge < -0.3 is 14.8 Å². The Morgan fingerprint density at radius 3 is 2.34 bits per heavy atom. The molecule has 1 saturated carbocycles. The van der Waals surface area contributed by atoms with Crippen LogP contribution in [0.3, 0.4) is 0 Å². The van der Waals surface area contributed by atoms with Crippen LogP contribution in [0.4, 0.5) is 24.7 Å². The summed E-state index contributed by atoms with van der Waals surface area (Å²) >= 11 is 0. The fourth-order valence-corrected chi connectivity index (χ4v) is 3.59. The van der Waals surface area contributed by atoms with Crippen molar-refractivity contribution in [2.24, 2.45) is 0 Å². The molecule has 0 bridgehead atoms. The van der Waals surface area contributed by atoms with Gasteiger partial charge in [-0.3, -0.25) is 0 Å². The van der Waals surface area contributed by atoms with Gasteiger partial charge in [0.15, 0.2) is 0 Å². The third-order valence-corrected chi connectivity index (χ3v) is 5.25. The summed E-state index contributed by atoms with van der Waals surface area (Å²) in [7, 11) is 0. The van der Waals surface area contributed by atoms with Crippen molar-refractivity contribution in [1.29, 1.82) is 0 Å². The summed E-state index contributed by atoms with van der Waals surface area (Å²) < 4.78 is 51.9. The quantitative estimate of drug-likeness (QED) is 0.450. The van der Waals surface area contributed by atoms with E-state index in [0.29, 0.717) is 11.4 Å². The predicted octanol–water partition coefficient (Wildman–Crippen LogP) is 6.53. The second-order valence-electron chi connectivity index (χ2n) is 7.71. The predicted molar refractivity (Wildman–Crippen MR) is 115 cm³/mol. The molecule has 1 aliphatic carbocycles. The molecular weight excluding hydrogens is 419 g/mol. The van der Waals surface area contributed by atoms with Crippen molar-refractivity contribution in [1.82, 2.24) is 9.97 Å². The zero-order chi connectivity index (χ0) is 22.4. The van der Waals surface area contributed by atoms with Crippen LogP contribution >= 0.6 is 0 Å². The Morgan fingerprint density at radius 2 is 1.66 bits per heavy atom. The smallest absolute Gasteiger partial charge is 0.421 e. The molecule has 0 spiro atoms. The van der Waals surface area contributed by atoms with Crippen LogP contribution in [0, 0.1) is 0 Å². The van der Waals surface area contributed by atoms with Gasteiger partial charge in [0.2, 0.25) is 0 Å². The van der Waals surface area contributed by atoms with Crippen LogP contribution in [0.5, 0.6) is 11.8 Å². The van der Waals surface area contributed by atoms with Gasteiger partial charge in [-0.05, 0) is 55.5 Å². The van der Waals surface area contributed by atoms with Crippen LogP contribution in [0.1, 0.15) is 43.2 Å². The van der Waals surface area contributed by atoms with Crippen LogP contribution < -0.4 is 14.8 Å². The lowest BCUT2D eigenvalue weighted by molar-refractivity contribution is -0.137. The summed E-state index contributed by atoms with van der Waals surface area (Å²) in [6.07, 6.45) is 1.94. The topological polar surface area (TPSA) is 56.3 Å². The Balaban J connectivity index is 1.47. The zero-order valence-electron chi connectivity index (χ0n) is 17.4. The fourth-order valence-electron chi connectivity index (χ4n) is 3.59. The van der Waals surface area contributed by atoms with Gasteiger partial charge in [-0.1, -0.05) is 36.8 Å². The Morgan fingerprint density at radius 1 is 0.938 bits per heavy atom. The number of halogens is 3. The summed E-state index contributed by atoms with van der Waals surface area (Å²) in [6, 6.07) is 16.0. The molecular formula is C24H24F3N3O2. The molecule has 1 N–H and O–H groups in total. The standard InChI is InChI=1S/C24H24F3N3O2/c25-24(26,27)21-15-28-23(31-16-17-7-3-1-4-8-17)30-22(21)29-18-11-13-20(14-12-18)32-19-9-5-2-6-10-19/h1,3-4,7-8,11-15,19H,2,5-6,9-10,16H2,(H,28,29,30). The summed E-state index contributed by atoms with van der Waals surface area (Å²) in [5, 5.41) is 2.74. The Labute approximate surface area is 184 Å². The minimum atomic E-state index is -4.61. The van der Waals surface area contributed by atoms with E-state index in [4.69, 9.17) is 9.47 Å². The molecule has 32 heavy (non-hydrogen) atoms. The van der Waals surface area contributed by atoms with E-state index in [0.717, 1.165) is 37.4 Å². The number of alkyl halides is 3. The summed E-state index contributed by atoms with van der Waals surface area (Å²) in [5.41, 5.74) is 0.352. The molecule has 2 aromatic carbocycles. The lowest BCUT2D eigenvalue weighted by atomic mass is 9.98. The van der Waals surface area contributed by atoms with Gasteiger partial charge in [-0.2, -0.15) is 18.2 Å². The van der Waals surface area contributed by atoms with Crippen molar-refractivity contribution in [3.8, 4) is 11.8 Å². The van der Waals surface area contributed by atoms with E-state index in [1.54, 1.807) is 24.3 Å². The maximum atomic E-state index is 13.5. The van der Waals surface area contributed by atoms with E-state index in [1.165, 1.54) is 6.42 Å². The van der Waals surface area contributed by atoms with Crippen molar-refractivity contribution in [3.05, 3.63) is 71.9 Å². The van der Waals surface area contributed by atoms with Gasteiger partial charge >= 0.3 is 12.2 Å². The molecule has 4 rings (SSSR count). The average Bonchev–Trinajstić information content (AvgIpc) is 2.80. The van der Waals surface area contributed by atoms with Gasteiger partial charge in [0, 0.05) is 11.9 Å². The second-order valence-corrected chi connectivity index (χ2v) is 7.71. The molecule has 1 aromatic heterocycles. The third kappa shape index (κ3) is 5.90. The lowest BCUT2D eigenvalue weighted by Crippen LogP contribution is -2.19. The van der Waals surface area contributed by atoms with Gasteiger partial charge in [-0.25, -0.2) is 4.98 Å². The number of hydrogen-bond acceptors (Lipinski definition) is 5. The fraction of sp³-hybridized carbons (Fsp3) is 0.333. The highest BCUT2D eigenvalue weighted by atomic mass is 19.4. The van der Waals surface area contributed by atoms with Crippen LogP contribution in [-0.2, 0) is 12.8 Å². The summed E-state index contributed by atoms with van der Waals surface area (Å²) in [6.45, 7) is 0.152. The van der Waals surface area contributed by atoms with Crippen molar-refractivity contribution in [3.63, 3.8) is 0 Å². The number of benzene rings is 2. The number of anilines is 2. The maximum absolute atomic E-state index is 13.5. The van der Waals surface area contributed by atoms with Crippen LogP contribution in [0.2, 0.25) is 0 Å². The number of rotatable bonds is 7. The molecule has 168 valence electrons. The first-order valence-electron chi connectivity index (χ1n) is 10.6. The maximum Gasteiger partial charge on any atom is 0.421 e. The van der Waals surface area contributed by atoms with Crippen LogP contribution in [0.15, 0.2) is 60.8 Å². The van der Waals surface area contributed by atoms with E-state index in [-0.39, 0.29) is 24.5 Å². The molecule has 0 atom stereocenters. The lowest BCUT2D eigenvalue weighted by Gasteiger charge is -2.23. The molecule has 1 aliphatic rings. The van der Waals surface area contributed by atoms with Crippen molar-refractivity contribution in [2.45, 2.75) is 51.0 Å². The van der Waals surface area contributed by atoms with E-state index in [9.17, 15) is 13.2 Å². The summed E-state index contributed by atoms with van der Waals surface area (Å²) in [5.74, 6) is 0.338. The summed E-state index contributed by atoms with van der Waals surface area (Å²) in [4.78, 5) is 7.70. The van der Waals surface area contributed by atoms with Crippen molar-refractivity contribution >= 4 is 11.5 Å². The normalized spacial score (nSPS) is 14.7. The highest BCUT2D eigenvalue weighted by Gasteiger charge is 2.35. The van der Waals surface area contributed by atoms with E-state index in [2.05, 4.69) is 15.3 Å². The molecule has 0 saturated heterocycles. The monoisotopic (exact) mass is 443 g/mol. The molecule has 3 aromatic rings. The number of nitrogens with zero attached hydrogens (tertiary/aromatic N) is 2. The minimum Gasteiger partial charge on any atom is -0.490 e. The van der Waals surface area contributed by atoms with Gasteiger partial charge in [-0.15, -0.1) is 0 Å². The average molecular weight is 443 g/mol. The number of aromatic nitrogens is 2. The molecule has 5 nitrogen and oxygen atoms in total. The molecule has 1 fully saturated rings. The number of nitrogens with one attached hydrogen (secondary N) is 1. The van der Waals surface area contributed by atoms with Gasteiger partial charge in [0.05, 0.1) is 6.10 Å². The highest BCUT2D eigenvalue weighted by Crippen LogP contribution is 2.35. The molecule has 0 radical (unpaired) electrons. The first-order chi connectivity index (χ1) is 15.5. The Bertz CT molecular complexity index is 1010. The van der Waals surface area contributed by atoms with Gasteiger partial charge in [0.25, 0.3) is 0 Å². The molecule has 8 heteroatoms. The highest BCUT2D eigenvalue weighted by molar-refractivity contribution is 5.60. The van der Waals surface area contributed by atoms with Gasteiger partial charge in [0.1, 0.15) is 23.7 Å². The van der Waals surface area contributed by atoms with Crippen LogP contribution in [0.25, 0.3) is 0 Å². The Kier molecular flexibility index (Phi) is 6.78. The third-order valence-electron chi connectivity index (χ3n) is 5.25. The van der Waals surface area contributed by atoms with E-state index >= 15 is 0 Å². The zero-order valence-corrected chi connectivity index (χ0v) is 17.4. The molecule has 0 amide bonds. The van der Waals surface area contributed by atoms with Crippen molar-refractivity contribution in [2.75, 3.05) is 5.32 Å². The Hall–Kier alpha value is -3.29. The molecule has 1 heterocycles. The number of ether oxygens (including phenoxy) is 2. The first-order valence-corrected chi connectivity index (χ1v) is 10.6.